The second-order valence-electron chi connectivity index (χ2n) is 7.60. The summed E-state index contributed by atoms with van der Waals surface area (Å²) >= 11 is 0. The maximum absolute atomic E-state index is 14.4. The fourth-order valence-electron chi connectivity index (χ4n) is 3.74. The molecule has 2 saturated carbocycles. The summed E-state index contributed by atoms with van der Waals surface area (Å²) in [5, 5.41) is 0. The smallest absolute Gasteiger partial charge is 0.338 e. The van der Waals surface area contributed by atoms with E-state index < -0.39 is 39.9 Å². The lowest BCUT2D eigenvalue weighted by molar-refractivity contribution is 0.0526. The molecule has 0 N–H and O–H groups in total. The molecule has 0 saturated heterocycles. The average Bonchev–Trinajstić information content (AvgIpc) is 3.33. The molecule has 0 heterocycles. The minimum Gasteiger partial charge on any atom is -0.748 e. The van der Waals surface area contributed by atoms with Gasteiger partial charge in [0.25, 0.3) is 0 Å². The van der Waals surface area contributed by atoms with Gasteiger partial charge in [-0.3, -0.25) is 0 Å². The summed E-state index contributed by atoms with van der Waals surface area (Å²) in [5.41, 5.74) is -0.746. The van der Waals surface area contributed by atoms with Gasteiger partial charge in [-0.1, -0.05) is 24.7 Å². The van der Waals surface area contributed by atoms with Crippen molar-refractivity contribution in [1.29, 1.82) is 0 Å². The van der Waals surface area contributed by atoms with Crippen molar-refractivity contribution in [1.82, 2.24) is 0 Å². The van der Waals surface area contributed by atoms with E-state index in [4.69, 9.17) is 9.47 Å². The number of benzene rings is 1. The predicted molar refractivity (Wildman–Crippen MR) is 103 cm³/mol. The Kier molecular flexibility index (Phi) is 6.81. The fraction of sp³-hybridized carbons (Fsp3) is 0.571. The van der Waals surface area contributed by atoms with Crippen LogP contribution in [0.5, 0.6) is 5.75 Å². The van der Waals surface area contributed by atoms with E-state index in [2.05, 4.69) is 11.8 Å². The van der Waals surface area contributed by atoms with Crippen LogP contribution in [0, 0.1) is 23.6 Å². The van der Waals surface area contributed by atoms with Gasteiger partial charge < -0.3 is 14.0 Å². The van der Waals surface area contributed by atoms with E-state index in [1.54, 1.807) is 0 Å². The minimum atomic E-state index is -4.48. The summed E-state index contributed by atoms with van der Waals surface area (Å²) in [4.78, 5) is 12.1. The van der Waals surface area contributed by atoms with Gasteiger partial charge in [-0.25, -0.2) is 17.6 Å². The van der Waals surface area contributed by atoms with Crippen LogP contribution in [0.3, 0.4) is 0 Å². The average molecular weight is 423 g/mol. The maximum atomic E-state index is 14.4. The highest BCUT2D eigenvalue weighted by atomic mass is 32.2. The molecular formula is C21H24FO6S-. The molecule has 0 aromatic heterocycles. The maximum Gasteiger partial charge on any atom is 0.338 e. The van der Waals surface area contributed by atoms with Gasteiger partial charge in [0.2, 0.25) is 0 Å². The Bertz CT molecular complexity index is 903. The Hall–Kier alpha value is -2.11. The molecule has 0 amide bonds. The normalized spacial score (nSPS) is 18.8. The van der Waals surface area contributed by atoms with E-state index in [1.165, 1.54) is 25.0 Å². The molecule has 2 aliphatic carbocycles. The zero-order valence-corrected chi connectivity index (χ0v) is 16.9. The van der Waals surface area contributed by atoms with Crippen LogP contribution < -0.4 is 4.74 Å². The Morgan fingerprint density at radius 2 is 1.90 bits per heavy atom. The number of rotatable bonds is 6. The van der Waals surface area contributed by atoms with Crippen molar-refractivity contribution in [3.8, 4) is 17.6 Å². The lowest BCUT2D eigenvalue weighted by Crippen LogP contribution is -2.31. The van der Waals surface area contributed by atoms with Crippen LogP contribution in [-0.2, 0) is 14.9 Å². The minimum absolute atomic E-state index is 0.0154. The molecule has 0 radical (unpaired) electrons. The molecular weight excluding hydrogens is 399 g/mol. The first-order chi connectivity index (χ1) is 13.8. The van der Waals surface area contributed by atoms with Gasteiger partial charge in [0.1, 0.15) is 6.61 Å². The van der Waals surface area contributed by atoms with Crippen molar-refractivity contribution in [3.63, 3.8) is 0 Å². The van der Waals surface area contributed by atoms with E-state index in [1.807, 2.05) is 0 Å². The Morgan fingerprint density at radius 3 is 2.55 bits per heavy atom. The molecule has 2 fully saturated rings. The molecule has 1 aromatic rings. The Balaban J connectivity index is 1.73. The monoisotopic (exact) mass is 423 g/mol. The molecule has 0 spiro atoms. The molecule has 0 aliphatic heterocycles. The van der Waals surface area contributed by atoms with Crippen molar-refractivity contribution in [2.24, 2.45) is 5.92 Å². The van der Waals surface area contributed by atoms with Crippen molar-refractivity contribution < 1.29 is 31.6 Å². The van der Waals surface area contributed by atoms with Crippen LogP contribution in [0.25, 0.3) is 0 Å². The molecule has 3 rings (SSSR count). The van der Waals surface area contributed by atoms with E-state index >= 15 is 0 Å². The number of hydrogen-bond acceptors (Lipinski definition) is 6. The predicted octanol–water partition coefficient (Wildman–Crippen LogP) is 3.41. The first-order valence-electron chi connectivity index (χ1n) is 9.88. The molecule has 0 bridgehead atoms. The first kappa shape index (κ1) is 21.6. The van der Waals surface area contributed by atoms with Crippen LogP contribution in [0.4, 0.5) is 4.39 Å². The van der Waals surface area contributed by atoms with Gasteiger partial charge in [0.05, 0.1) is 21.4 Å². The lowest BCUT2D eigenvalue weighted by atomic mass is 10.00. The van der Waals surface area contributed by atoms with Gasteiger partial charge in [-0.15, -0.1) is 0 Å². The molecule has 0 atom stereocenters. The fourth-order valence-corrected chi connectivity index (χ4v) is 4.03. The second kappa shape index (κ2) is 9.14. The zero-order chi connectivity index (χ0) is 20.9. The van der Waals surface area contributed by atoms with Gasteiger partial charge in [0, 0.05) is 5.92 Å². The van der Waals surface area contributed by atoms with Crippen molar-refractivity contribution in [3.05, 3.63) is 29.6 Å². The Labute approximate surface area is 170 Å². The quantitative estimate of drug-likeness (QED) is 0.395. The highest BCUT2D eigenvalue weighted by Crippen LogP contribution is 2.36. The number of halogens is 1. The topological polar surface area (TPSA) is 92.7 Å². The molecule has 2 aliphatic rings. The number of carbonyl (C=O) groups is 1. The summed E-state index contributed by atoms with van der Waals surface area (Å²) in [6.45, 7) is -0.560. The largest absolute Gasteiger partial charge is 0.748 e. The molecule has 158 valence electrons. The molecule has 6 nitrogen and oxygen atoms in total. The van der Waals surface area contributed by atoms with Crippen molar-refractivity contribution >= 4 is 16.1 Å². The van der Waals surface area contributed by atoms with E-state index in [-0.39, 0.29) is 11.3 Å². The highest BCUT2D eigenvalue weighted by molar-refractivity contribution is 7.85. The summed E-state index contributed by atoms with van der Waals surface area (Å²) < 4.78 is 57.0. The summed E-state index contributed by atoms with van der Waals surface area (Å²) in [6, 6.07) is 3.56. The standard InChI is InChI=1S/C21H25FO6S/c22-18-8-7-17(20(23)27-13-14-29(24,25)26)15-19(18)28-21(10-3-4-11-21)12-9-16-5-1-2-6-16/h7-8,15-16H,1-6,10-11,13-14H2,(H,24,25,26)/p-1. The number of carbonyl (C=O) groups excluding carboxylic acids is 1. The van der Waals surface area contributed by atoms with Crippen LogP contribution in [0.15, 0.2) is 18.2 Å². The van der Waals surface area contributed by atoms with Gasteiger partial charge in [-0.2, -0.15) is 0 Å². The number of hydrogen-bond donors (Lipinski definition) is 0. The van der Waals surface area contributed by atoms with Gasteiger partial charge >= 0.3 is 5.97 Å². The van der Waals surface area contributed by atoms with Crippen LogP contribution in [-0.4, -0.2) is 36.9 Å². The van der Waals surface area contributed by atoms with Gasteiger partial charge in [0.15, 0.2) is 17.2 Å². The van der Waals surface area contributed by atoms with E-state index in [0.717, 1.165) is 31.7 Å². The highest BCUT2D eigenvalue weighted by Gasteiger charge is 2.35. The van der Waals surface area contributed by atoms with E-state index in [9.17, 15) is 22.2 Å². The summed E-state index contributed by atoms with van der Waals surface area (Å²) in [5.74, 6) is 4.56. The van der Waals surface area contributed by atoms with Crippen LogP contribution in [0.1, 0.15) is 61.7 Å². The SMILES string of the molecule is O=C(OCCS(=O)(=O)[O-])c1ccc(F)c(OC2(C#CC3CCCC3)CCCC2)c1. The Morgan fingerprint density at radius 1 is 1.21 bits per heavy atom. The molecule has 0 unspecified atom stereocenters. The molecule has 1 aromatic carbocycles. The molecule has 29 heavy (non-hydrogen) atoms. The second-order valence-corrected chi connectivity index (χ2v) is 9.12. The third kappa shape index (κ3) is 6.18. The number of ether oxygens (including phenoxy) is 2. The third-order valence-electron chi connectivity index (χ3n) is 5.31. The zero-order valence-electron chi connectivity index (χ0n) is 16.1. The molecule has 8 heteroatoms. The lowest BCUT2D eigenvalue weighted by Gasteiger charge is -2.25. The number of esters is 1. The van der Waals surface area contributed by atoms with Gasteiger partial charge in [-0.05, 0) is 56.7 Å². The van der Waals surface area contributed by atoms with Crippen LogP contribution in [0.2, 0.25) is 0 Å². The van der Waals surface area contributed by atoms with Crippen LogP contribution >= 0.6 is 0 Å². The first-order valence-corrected chi connectivity index (χ1v) is 11.5. The van der Waals surface area contributed by atoms with E-state index in [0.29, 0.717) is 18.8 Å². The third-order valence-corrected chi connectivity index (χ3v) is 5.98. The summed E-state index contributed by atoms with van der Waals surface area (Å²) in [7, 11) is -4.48. The summed E-state index contributed by atoms with van der Waals surface area (Å²) in [6.07, 6.45) is 7.79. The van der Waals surface area contributed by atoms with Crippen molar-refractivity contribution in [2.75, 3.05) is 12.4 Å². The van der Waals surface area contributed by atoms with Crippen molar-refractivity contribution in [2.45, 2.75) is 57.0 Å².